The van der Waals surface area contributed by atoms with Crippen LogP contribution in [-0.4, -0.2) is 9.97 Å². The highest BCUT2D eigenvalue weighted by Crippen LogP contribution is 2.15. The fraction of sp³-hybridized carbons (Fsp3) is 0.200. The van der Waals surface area contributed by atoms with Crippen molar-refractivity contribution in [3.63, 3.8) is 0 Å². The fourth-order valence-electron chi connectivity index (χ4n) is 1.73. The molecule has 0 bridgehead atoms. The second kappa shape index (κ2) is 5.45. The van der Waals surface area contributed by atoms with Gasteiger partial charge < -0.3 is 5.32 Å². The van der Waals surface area contributed by atoms with Gasteiger partial charge in [-0.2, -0.15) is 0 Å². The van der Waals surface area contributed by atoms with Crippen LogP contribution in [0.1, 0.15) is 23.7 Å². The van der Waals surface area contributed by atoms with Crippen molar-refractivity contribution < 1.29 is 0 Å². The van der Waals surface area contributed by atoms with Crippen LogP contribution in [0.4, 0.5) is 11.6 Å². The second-order valence-electron chi connectivity index (χ2n) is 4.23. The van der Waals surface area contributed by atoms with Gasteiger partial charge in [-0.25, -0.2) is 9.97 Å². The number of anilines is 2. The molecule has 0 amide bonds. The van der Waals surface area contributed by atoms with Gasteiger partial charge in [0.2, 0.25) is 5.95 Å². The monoisotopic (exact) mass is 239 g/mol. The molecule has 1 N–H and O–H groups in total. The summed E-state index contributed by atoms with van der Waals surface area (Å²) in [5, 5.41) is 3.21. The molecule has 0 aliphatic rings. The van der Waals surface area contributed by atoms with E-state index >= 15 is 0 Å². The molecule has 0 spiro atoms. The maximum absolute atomic E-state index is 4.44. The van der Waals surface area contributed by atoms with E-state index in [1.54, 1.807) is 0 Å². The van der Waals surface area contributed by atoms with Gasteiger partial charge in [-0.3, -0.25) is 0 Å². The normalized spacial score (nSPS) is 10.8. The second-order valence-corrected chi connectivity index (χ2v) is 4.23. The summed E-state index contributed by atoms with van der Waals surface area (Å²) < 4.78 is 0. The van der Waals surface area contributed by atoms with Crippen LogP contribution in [0.15, 0.2) is 36.5 Å². The van der Waals surface area contributed by atoms with Crippen LogP contribution < -0.4 is 5.32 Å². The Labute approximate surface area is 108 Å². The zero-order valence-electron chi connectivity index (χ0n) is 10.9. The van der Waals surface area contributed by atoms with Crippen LogP contribution in [0, 0.1) is 13.8 Å². The third-order valence-corrected chi connectivity index (χ3v) is 2.64. The fourth-order valence-corrected chi connectivity index (χ4v) is 1.73. The van der Waals surface area contributed by atoms with Crippen LogP contribution in [-0.2, 0) is 0 Å². The molecule has 0 fully saturated rings. The van der Waals surface area contributed by atoms with Crippen molar-refractivity contribution in [1.82, 2.24) is 9.97 Å². The van der Waals surface area contributed by atoms with Crippen LogP contribution >= 0.6 is 0 Å². The standard InChI is InChI=1S/C15H17N3/c1-4-6-13-10-16-15(17-12(13)3)18-14-8-5-7-11(2)9-14/h4-10H,1-3H3,(H,16,17,18)/b6-4-. The Morgan fingerprint density at radius 3 is 2.72 bits per heavy atom. The van der Waals surface area contributed by atoms with Crippen LogP contribution in [0.5, 0.6) is 0 Å². The van der Waals surface area contributed by atoms with Crippen LogP contribution in [0.25, 0.3) is 6.08 Å². The summed E-state index contributed by atoms with van der Waals surface area (Å²) >= 11 is 0. The predicted molar refractivity (Wildman–Crippen MR) is 75.9 cm³/mol. The molecule has 0 saturated heterocycles. The number of hydrogen-bond donors (Lipinski definition) is 1. The lowest BCUT2D eigenvalue weighted by Gasteiger charge is -2.07. The van der Waals surface area contributed by atoms with E-state index in [-0.39, 0.29) is 0 Å². The number of aromatic nitrogens is 2. The zero-order valence-corrected chi connectivity index (χ0v) is 10.9. The first-order valence-electron chi connectivity index (χ1n) is 5.99. The Morgan fingerprint density at radius 1 is 1.22 bits per heavy atom. The molecule has 3 nitrogen and oxygen atoms in total. The van der Waals surface area contributed by atoms with Crippen molar-refractivity contribution in [2.45, 2.75) is 20.8 Å². The number of nitrogens with one attached hydrogen (secondary N) is 1. The Kier molecular flexibility index (Phi) is 3.72. The zero-order chi connectivity index (χ0) is 13.0. The van der Waals surface area contributed by atoms with Crippen molar-refractivity contribution in [1.29, 1.82) is 0 Å². The molecule has 92 valence electrons. The quantitative estimate of drug-likeness (QED) is 0.883. The third-order valence-electron chi connectivity index (χ3n) is 2.64. The summed E-state index contributed by atoms with van der Waals surface area (Å²) in [4.78, 5) is 8.75. The van der Waals surface area contributed by atoms with E-state index in [4.69, 9.17) is 0 Å². The maximum atomic E-state index is 4.44. The number of benzene rings is 1. The molecule has 0 radical (unpaired) electrons. The van der Waals surface area contributed by atoms with E-state index in [1.165, 1.54) is 5.56 Å². The summed E-state index contributed by atoms with van der Waals surface area (Å²) in [6.45, 7) is 6.03. The number of allylic oxidation sites excluding steroid dienone is 1. The lowest BCUT2D eigenvalue weighted by molar-refractivity contribution is 1.09. The van der Waals surface area contributed by atoms with E-state index in [1.807, 2.05) is 44.3 Å². The molecule has 0 aliphatic carbocycles. The Bertz CT molecular complexity index is 574. The number of hydrogen-bond acceptors (Lipinski definition) is 3. The minimum absolute atomic E-state index is 0.631. The minimum atomic E-state index is 0.631. The first-order chi connectivity index (χ1) is 8.69. The largest absolute Gasteiger partial charge is 0.324 e. The van der Waals surface area contributed by atoms with Crippen molar-refractivity contribution in [2.24, 2.45) is 0 Å². The topological polar surface area (TPSA) is 37.8 Å². The first kappa shape index (κ1) is 12.3. The average molecular weight is 239 g/mol. The summed E-state index contributed by atoms with van der Waals surface area (Å²) in [6, 6.07) is 8.15. The van der Waals surface area contributed by atoms with Crippen molar-refractivity contribution in [3.05, 3.63) is 53.4 Å². The van der Waals surface area contributed by atoms with E-state index in [9.17, 15) is 0 Å². The third kappa shape index (κ3) is 2.94. The molecule has 0 atom stereocenters. The molecule has 1 aromatic carbocycles. The predicted octanol–water partition coefficient (Wildman–Crippen LogP) is 3.87. The van der Waals surface area contributed by atoms with Gasteiger partial charge in [-0.05, 0) is 38.5 Å². The number of nitrogens with zero attached hydrogens (tertiary/aromatic N) is 2. The van der Waals surface area contributed by atoms with Crippen molar-refractivity contribution in [2.75, 3.05) is 5.32 Å². The van der Waals surface area contributed by atoms with Crippen molar-refractivity contribution >= 4 is 17.7 Å². The van der Waals surface area contributed by atoms with E-state index in [2.05, 4.69) is 34.3 Å². The molecule has 2 rings (SSSR count). The van der Waals surface area contributed by atoms with Gasteiger partial charge in [0.15, 0.2) is 0 Å². The first-order valence-corrected chi connectivity index (χ1v) is 5.99. The minimum Gasteiger partial charge on any atom is -0.324 e. The maximum Gasteiger partial charge on any atom is 0.227 e. The lowest BCUT2D eigenvalue weighted by Crippen LogP contribution is -1.99. The molecular weight excluding hydrogens is 222 g/mol. The molecule has 1 aromatic heterocycles. The molecule has 0 saturated carbocycles. The van der Waals surface area contributed by atoms with Gasteiger partial charge in [0, 0.05) is 17.4 Å². The van der Waals surface area contributed by atoms with E-state index in [0.717, 1.165) is 16.9 Å². The average Bonchev–Trinajstić information content (AvgIpc) is 2.33. The van der Waals surface area contributed by atoms with E-state index < -0.39 is 0 Å². The van der Waals surface area contributed by atoms with E-state index in [0.29, 0.717) is 5.95 Å². The summed E-state index contributed by atoms with van der Waals surface area (Å²) in [7, 11) is 0. The van der Waals surface area contributed by atoms with Gasteiger partial charge in [0.1, 0.15) is 0 Å². The summed E-state index contributed by atoms with van der Waals surface area (Å²) in [5.41, 5.74) is 4.24. The number of rotatable bonds is 3. The highest BCUT2D eigenvalue weighted by atomic mass is 15.1. The van der Waals surface area contributed by atoms with Crippen LogP contribution in [0.3, 0.4) is 0 Å². The van der Waals surface area contributed by atoms with Gasteiger partial charge in [-0.1, -0.05) is 24.3 Å². The SMILES string of the molecule is C/C=C\c1cnc(Nc2cccc(C)c2)nc1C. The Balaban J connectivity index is 2.22. The molecular formula is C15H17N3. The lowest BCUT2D eigenvalue weighted by atomic mass is 10.2. The molecule has 0 unspecified atom stereocenters. The smallest absolute Gasteiger partial charge is 0.227 e. The van der Waals surface area contributed by atoms with Crippen molar-refractivity contribution in [3.8, 4) is 0 Å². The van der Waals surface area contributed by atoms with Gasteiger partial charge in [0.25, 0.3) is 0 Å². The van der Waals surface area contributed by atoms with Gasteiger partial charge in [0.05, 0.1) is 5.69 Å². The molecule has 1 heterocycles. The summed E-state index contributed by atoms with van der Waals surface area (Å²) in [6.07, 6.45) is 5.82. The molecule has 3 heteroatoms. The Hall–Kier alpha value is -2.16. The molecule has 2 aromatic rings. The molecule has 0 aliphatic heterocycles. The Morgan fingerprint density at radius 2 is 2.06 bits per heavy atom. The van der Waals surface area contributed by atoms with Gasteiger partial charge in [-0.15, -0.1) is 0 Å². The molecule has 18 heavy (non-hydrogen) atoms. The number of aryl methyl sites for hydroxylation is 2. The highest BCUT2D eigenvalue weighted by molar-refractivity contribution is 5.56. The van der Waals surface area contributed by atoms with Crippen LogP contribution in [0.2, 0.25) is 0 Å². The highest BCUT2D eigenvalue weighted by Gasteiger charge is 2.01. The summed E-state index contributed by atoms with van der Waals surface area (Å²) in [5.74, 6) is 0.631. The van der Waals surface area contributed by atoms with Gasteiger partial charge >= 0.3 is 0 Å².